The van der Waals surface area contributed by atoms with Gasteiger partial charge in [0.25, 0.3) is 5.91 Å². The van der Waals surface area contributed by atoms with Crippen LogP contribution in [0.15, 0.2) is 60.7 Å². The lowest BCUT2D eigenvalue weighted by Gasteiger charge is -2.18. The highest BCUT2D eigenvalue weighted by Crippen LogP contribution is 2.29. The lowest BCUT2D eigenvalue weighted by atomic mass is 10.1. The van der Waals surface area contributed by atoms with Gasteiger partial charge >= 0.3 is 6.03 Å². The van der Waals surface area contributed by atoms with E-state index >= 15 is 0 Å². The van der Waals surface area contributed by atoms with Crippen molar-refractivity contribution < 1.29 is 14.3 Å². The van der Waals surface area contributed by atoms with E-state index in [1.54, 1.807) is 54.6 Å². The number of amides is 3. The minimum absolute atomic E-state index is 0.184. The van der Waals surface area contributed by atoms with Crippen LogP contribution in [0.2, 0.25) is 5.02 Å². The molecular formula is C20H18ClN3O3. The van der Waals surface area contributed by atoms with Gasteiger partial charge in [0.1, 0.15) is 12.4 Å². The Hall–Kier alpha value is -3.25. The zero-order chi connectivity index (χ0) is 19.2. The first-order valence-corrected chi connectivity index (χ1v) is 8.63. The molecule has 138 valence electrons. The SMILES string of the molecule is C=CCNC(=O)Nc1ccc(NC(=O)C2=Cc3cc(Cl)ccc3OC2)cc1. The van der Waals surface area contributed by atoms with E-state index in [9.17, 15) is 9.59 Å². The van der Waals surface area contributed by atoms with Gasteiger partial charge in [0.15, 0.2) is 0 Å². The van der Waals surface area contributed by atoms with Crippen LogP contribution in [-0.2, 0) is 4.79 Å². The van der Waals surface area contributed by atoms with E-state index in [1.165, 1.54) is 0 Å². The molecule has 0 bridgehead atoms. The second-order valence-electron chi connectivity index (χ2n) is 5.80. The molecule has 7 heteroatoms. The van der Waals surface area contributed by atoms with Crippen molar-refractivity contribution in [3.63, 3.8) is 0 Å². The number of rotatable bonds is 5. The standard InChI is InChI=1S/C20H18ClN3O3/c1-2-9-22-20(26)24-17-6-4-16(5-7-17)23-19(25)14-10-13-11-15(21)3-8-18(13)27-12-14/h2-8,10-11H,1,9,12H2,(H,23,25)(H2,22,24,26). The number of nitrogens with one attached hydrogen (secondary N) is 3. The minimum Gasteiger partial charge on any atom is -0.488 e. The number of anilines is 2. The summed E-state index contributed by atoms with van der Waals surface area (Å²) >= 11 is 5.99. The Morgan fingerprint density at radius 1 is 1.11 bits per heavy atom. The summed E-state index contributed by atoms with van der Waals surface area (Å²) in [6.07, 6.45) is 3.36. The number of hydrogen-bond donors (Lipinski definition) is 3. The Bertz CT molecular complexity index is 907. The van der Waals surface area contributed by atoms with Gasteiger partial charge in [0.2, 0.25) is 0 Å². The Kier molecular flexibility index (Phi) is 5.78. The maximum Gasteiger partial charge on any atom is 0.319 e. The van der Waals surface area contributed by atoms with Crippen LogP contribution in [0, 0.1) is 0 Å². The van der Waals surface area contributed by atoms with Gasteiger partial charge in [0.05, 0.1) is 5.57 Å². The number of benzene rings is 2. The highest BCUT2D eigenvalue weighted by molar-refractivity contribution is 6.30. The van der Waals surface area contributed by atoms with Crippen molar-refractivity contribution in [3.05, 3.63) is 71.3 Å². The number of hydrogen-bond acceptors (Lipinski definition) is 3. The lowest BCUT2D eigenvalue weighted by Crippen LogP contribution is -2.28. The van der Waals surface area contributed by atoms with Gasteiger partial charge in [0, 0.05) is 28.5 Å². The topological polar surface area (TPSA) is 79.5 Å². The average molecular weight is 384 g/mol. The van der Waals surface area contributed by atoms with Crippen molar-refractivity contribution in [3.8, 4) is 5.75 Å². The summed E-state index contributed by atoms with van der Waals surface area (Å²) in [5.74, 6) is 0.436. The van der Waals surface area contributed by atoms with Crippen LogP contribution in [0.1, 0.15) is 5.56 Å². The fraction of sp³-hybridized carbons (Fsp3) is 0.100. The molecule has 6 nitrogen and oxygen atoms in total. The quantitative estimate of drug-likeness (QED) is 0.681. The summed E-state index contributed by atoms with van der Waals surface area (Å²) in [6.45, 7) is 4.10. The second kappa shape index (κ2) is 8.42. The van der Waals surface area contributed by atoms with Gasteiger partial charge in [-0.25, -0.2) is 4.79 Å². The smallest absolute Gasteiger partial charge is 0.319 e. The van der Waals surface area contributed by atoms with Crippen molar-refractivity contribution in [2.45, 2.75) is 0 Å². The molecule has 0 atom stereocenters. The second-order valence-corrected chi connectivity index (χ2v) is 6.23. The van der Waals surface area contributed by atoms with E-state index in [4.69, 9.17) is 16.3 Å². The number of urea groups is 1. The molecule has 0 spiro atoms. The molecule has 0 unspecified atom stereocenters. The zero-order valence-electron chi connectivity index (χ0n) is 14.4. The van der Waals surface area contributed by atoms with Crippen molar-refractivity contribution in [1.82, 2.24) is 5.32 Å². The Labute approximate surface area is 161 Å². The highest BCUT2D eigenvalue weighted by atomic mass is 35.5. The van der Waals surface area contributed by atoms with Crippen molar-refractivity contribution in [2.24, 2.45) is 0 Å². The van der Waals surface area contributed by atoms with Crippen LogP contribution in [0.4, 0.5) is 16.2 Å². The maximum absolute atomic E-state index is 12.5. The molecule has 0 radical (unpaired) electrons. The molecule has 0 aliphatic carbocycles. The predicted molar refractivity (Wildman–Crippen MR) is 107 cm³/mol. The van der Waals surface area contributed by atoms with Gasteiger partial charge in [-0.15, -0.1) is 6.58 Å². The lowest BCUT2D eigenvalue weighted by molar-refractivity contribution is -0.113. The molecule has 1 aliphatic heterocycles. The molecule has 0 aromatic heterocycles. The molecule has 2 aromatic rings. The van der Waals surface area contributed by atoms with Gasteiger partial charge in [-0.1, -0.05) is 17.7 Å². The highest BCUT2D eigenvalue weighted by Gasteiger charge is 2.17. The molecule has 0 fully saturated rings. The molecule has 3 rings (SSSR count). The predicted octanol–water partition coefficient (Wildman–Crippen LogP) is 4.06. The zero-order valence-corrected chi connectivity index (χ0v) is 15.2. The van der Waals surface area contributed by atoms with Crippen LogP contribution in [0.5, 0.6) is 5.75 Å². The molecule has 2 aromatic carbocycles. The van der Waals surface area contributed by atoms with Crippen LogP contribution in [-0.4, -0.2) is 25.1 Å². The van der Waals surface area contributed by atoms with E-state index < -0.39 is 0 Å². The van der Waals surface area contributed by atoms with Gasteiger partial charge in [-0.3, -0.25) is 4.79 Å². The van der Waals surface area contributed by atoms with Crippen molar-refractivity contribution in [2.75, 3.05) is 23.8 Å². The molecule has 1 heterocycles. The Morgan fingerprint density at radius 3 is 2.52 bits per heavy atom. The van der Waals surface area contributed by atoms with E-state index in [1.807, 2.05) is 0 Å². The average Bonchev–Trinajstić information content (AvgIpc) is 2.67. The summed E-state index contributed by atoms with van der Waals surface area (Å²) < 4.78 is 5.60. The molecule has 27 heavy (non-hydrogen) atoms. The first-order chi connectivity index (χ1) is 13.0. The molecule has 3 N–H and O–H groups in total. The van der Waals surface area contributed by atoms with Gasteiger partial charge in [-0.05, 0) is 48.5 Å². The van der Waals surface area contributed by atoms with E-state index in [-0.39, 0.29) is 18.5 Å². The van der Waals surface area contributed by atoms with Crippen LogP contribution in [0.25, 0.3) is 6.08 Å². The fourth-order valence-electron chi connectivity index (χ4n) is 2.47. The first kappa shape index (κ1) is 18.5. The van der Waals surface area contributed by atoms with Crippen LogP contribution in [0.3, 0.4) is 0 Å². The molecule has 0 saturated carbocycles. The summed E-state index contributed by atoms with van der Waals surface area (Å²) in [5.41, 5.74) is 2.48. The number of carbonyl (C=O) groups excluding carboxylic acids is 2. The summed E-state index contributed by atoms with van der Waals surface area (Å²) in [4.78, 5) is 24.1. The normalized spacial score (nSPS) is 12.1. The number of fused-ring (bicyclic) bond motifs is 1. The Morgan fingerprint density at radius 2 is 1.81 bits per heavy atom. The first-order valence-electron chi connectivity index (χ1n) is 8.25. The summed E-state index contributed by atoms with van der Waals surface area (Å²) in [7, 11) is 0. The minimum atomic E-state index is -0.325. The third kappa shape index (κ3) is 4.89. The van der Waals surface area contributed by atoms with Crippen LogP contribution >= 0.6 is 11.6 Å². The summed E-state index contributed by atoms with van der Waals surface area (Å²) in [5, 5.41) is 8.69. The van der Waals surface area contributed by atoms with E-state index in [0.717, 1.165) is 5.56 Å². The third-order valence-corrected chi connectivity index (χ3v) is 4.02. The third-order valence-electron chi connectivity index (χ3n) is 3.78. The number of ether oxygens (including phenoxy) is 1. The number of halogens is 1. The molecule has 1 aliphatic rings. The fourth-order valence-corrected chi connectivity index (χ4v) is 2.65. The Balaban J connectivity index is 1.63. The molecule has 0 saturated heterocycles. The molecule has 3 amide bonds. The van der Waals surface area contributed by atoms with E-state index in [0.29, 0.717) is 34.3 Å². The van der Waals surface area contributed by atoms with Crippen LogP contribution < -0.4 is 20.7 Å². The van der Waals surface area contributed by atoms with Gasteiger partial charge < -0.3 is 20.7 Å². The maximum atomic E-state index is 12.5. The van der Waals surface area contributed by atoms with Crippen molar-refractivity contribution in [1.29, 1.82) is 0 Å². The monoisotopic (exact) mass is 383 g/mol. The van der Waals surface area contributed by atoms with Gasteiger partial charge in [-0.2, -0.15) is 0 Å². The summed E-state index contributed by atoms with van der Waals surface area (Å²) in [6, 6.07) is 11.8. The van der Waals surface area contributed by atoms with Crippen molar-refractivity contribution >= 4 is 41.0 Å². The number of carbonyl (C=O) groups is 2. The van der Waals surface area contributed by atoms with E-state index in [2.05, 4.69) is 22.5 Å². The largest absolute Gasteiger partial charge is 0.488 e. The molecular weight excluding hydrogens is 366 g/mol.